The number of carbonyl (C=O) groups is 1. The minimum atomic E-state index is -3.46. The quantitative estimate of drug-likeness (QED) is 0.654. The van der Waals surface area contributed by atoms with Crippen LogP contribution in [0.15, 0.2) is 24.5 Å². The molecular formula is C20H28N4O3S3. The Balaban J connectivity index is 1.56. The van der Waals surface area contributed by atoms with E-state index in [1.54, 1.807) is 11.3 Å². The SMILES string of the molecule is CCN(CC)S(=O)(=O)N1CCN(C(=O)c2c(-n3cccc3)sc3c2CCSC3)CC1. The van der Waals surface area contributed by atoms with Gasteiger partial charge in [-0.05, 0) is 29.9 Å². The fourth-order valence-corrected chi connectivity index (χ4v) is 8.13. The maximum absolute atomic E-state index is 13.6. The van der Waals surface area contributed by atoms with E-state index in [0.29, 0.717) is 39.3 Å². The molecule has 0 spiro atoms. The Morgan fingerprint density at radius 2 is 1.77 bits per heavy atom. The largest absolute Gasteiger partial charge is 0.336 e. The Bertz CT molecular complexity index is 989. The number of fused-ring (bicyclic) bond motifs is 1. The Hall–Kier alpha value is -1.33. The predicted octanol–water partition coefficient (Wildman–Crippen LogP) is 2.67. The maximum Gasteiger partial charge on any atom is 0.282 e. The topological polar surface area (TPSA) is 65.9 Å². The van der Waals surface area contributed by atoms with Crippen LogP contribution in [0.5, 0.6) is 0 Å². The summed E-state index contributed by atoms with van der Waals surface area (Å²) in [6.07, 6.45) is 4.88. The summed E-state index contributed by atoms with van der Waals surface area (Å²) in [6.45, 7) is 6.13. The highest BCUT2D eigenvalue weighted by atomic mass is 32.2. The van der Waals surface area contributed by atoms with Gasteiger partial charge in [0.15, 0.2) is 0 Å². The van der Waals surface area contributed by atoms with Gasteiger partial charge in [-0.1, -0.05) is 13.8 Å². The van der Waals surface area contributed by atoms with Gasteiger partial charge in [-0.3, -0.25) is 4.79 Å². The van der Waals surface area contributed by atoms with Crippen LogP contribution in [0.3, 0.4) is 0 Å². The second-order valence-electron chi connectivity index (χ2n) is 7.36. The Kier molecular flexibility index (Phi) is 6.59. The van der Waals surface area contributed by atoms with Crippen molar-refractivity contribution in [3.8, 4) is 5.00 Å². The summed E-state index contributed by atoms with van der Waals surface area (Å²) in [5.41, 5.74) is 2.00. The van der Waals surface area contributed by atoms with Crippen molar-refractivity contribution in [2.75, 3.05) is 45.0 Å². The molecule has 10 heteroatoms. The van der Waals surface area contributed by atoms with Gasteiger partial charge >= 0.3 is 0 Å². The van der Waals surface area contributed by atoms with E-state index in [9.17, 15) is 13.2 Å². The van der Waals surface area contributed by atoms with Gasteiger partial charge in [0.05, 0.1) is 5.56 Å². The number of hydrogen-bond donors (Lipinski definition) is 0. The lowest BCUT2D eigenvalue weighted by atomic mass is 10.1. The molecule has 1 fully saturated rings. The van der Waals surface area contributed by atoms with Gasteiger partial charge in [0.25, 0.3) is 16.1 Å². The van der Waals surface area contributed by atoms with Gasteiger partial charge in [0.2, 0.25) is 0 Å². The predicted molar refractivity (Wildman–Crippen MR) is 123 cm³/mol. The zero-order valence-corrected chi connectivity index (χ0v) is 19.9. The number of aromatic nitrogens is 1. The lowest BCUT2D eigenvalue weighted by molar-refractivity contribution is 0.0693. The summed E-state index contributed by atoms with van der Waals surface area (Å²) in [6, 6.07) is 3.94. The third kappa shape index (κ3) is 3.95. The summed E-state index contributed by atoms with van der Waals surface area (Å²) in [5, 5.41) is 0.982. The lowest BCUT2D eigenvalue weighted by Crippen LogP contribution is -2.54. The van der Waals surface area contributed by atoms with Gasteiger partial charge in [-0.15, -0.1) is 11.3 Å². The minimum absolute atomic E-state index is 0.0305. The van der Waals surface area contributed by atoms with Crippen molar-refractivity contribution < 1.29 is 13.2 Å². The molecule has 7 nitrogen and oxygen atoms in total. The standard InChI is InChI=1S/C20H28N4O3S3/c1-3-23(4-2)30(26,27)24-12-10-21(11-13-24)19(25)18-16-7-14-28-15-17(16)29-20(18)22-8-5-6-9-22/h5-6,8-9H,3-4,7,10-15H2,1-2H3. The second-order valence-corrected chi connectivity index (χ2v) is 11.5. The number of thioether (sulfide) groups is 1. The highest BCUT2D eigenvalue weighted by Gasteiger charge is 2.35. The van der Waals surface area contributed by atoms with Crippen molar-refractivity contribution in [1.82, 2.24) is 18.1 Å². The Morgan fingerprint density at radius 3 is 2.40 bits per heavy atom. The first-order valence-electron chi connectivity index (χ1n) is 10.4. The first-order chi connectivity index (χ1) is 14.5. The van der Waals surface area contributed by atoms with E-state index >= 15 is 0 Å². The van der Waals surface area contributed by atoms with E-state index in [-0.39, 0.29) is 5.91 Å². The highest BCUT2D eigenvalue weighted by Crippen LogP contribution is 2.39. The molecule has 0 saturated carbocycles. The van der Waals surface area contributed by atoms with Gasteiger partial charge < -0.3 is 9.47 Å². The van der Waals surface area contributed by atoms with Crippen molar-refractivity contribution in [3.63, 3.8) is 0 Å². The van der Waals surface area contributed by atoms with Crippen LogP contribution < -0.4 is 0 Å². The molecule has 0 aliphatic carbocycles. The van der Waals surface area contributed by atoms with Crippen LogP contribution in [0.4, 0.5) is 0 Å². The third-order valence-electron chi connectivity index (χ3n) is 5.74. The fourth-order valence-electron chi connectivity index (χ4n) is 4.08. The smallest absolute Gasteiger partial charge is 0.282 e. The molecule has 0 atom stereocenters. The van der Waals surface area contributed by atoms with Gasteiger partial charge in [-0.25, -0.2) is 0 Å². The number of hydrogen-bond acceptors (Lipinski definition) is 5. The summed E-state index contributed by atoms with van der Waals surface area (Å²) in [7, 11) is -3.46. The minimum Gasteiger partial charge on any atom is -0.336 e. The second kappa shape index (κ2) is 9.04. The molecule has 4 rings (SSSR count). The van der Waals surface area contributed by atoms with Gasteiger partial charge in [0.1, 0.15) is 5.00 Å². The number of piperazine rings is 1. The van der Waals surface area contributed by atoms with E-state index in [2.05, 4.69) is 0 Å². The lowest BCUT2D eigenvalue weighted by Gasteiger charge is -2.36. The zero-order valence-electron chi connectivity index (χ0n) is 17.4. The number of carbonyl (C=O) groups excluding carboxylic acids is 1. The van der Waals surface area contributed by atoms with Crippen molar-refractivity contribution in [2.45, 2.75) is 26.0 Å². The van der Waals surface area contributed by atoms with Crippen molar-refractivity contribution in [2.24, 2.45) is 0 Å². The van der Waals surface area contributed by atoms with Crippen molar-refractivity contribution in [1.29, 1.82) is 0 Å². The molecule has 0 aromatic carbocycles. The summed E-state index contributed by atoms with van der Waals surface area (Å²) >= 11 is 3.62. The average molecular weight is 469 g/mol. The molecule has 0 radical (unpaired) electrons. The van der Waals surface area contributed by atoms with E-state index in [1.807, 2.05) is 59.6 Å². The Morgan fingerprint density at radius 1 is 1.10 bits per heavy atom. The molecule has 2 aliphatic heterocycles. The first kappa shape index (κ1) is 21.9. The van der Waals surface area contributed by atoms with Crippen LogP contribution in [0.1, 0.15) is 34.6 Å². The van der Waals surface area contributed by atoms with E-state index in [1.165, 1.54) is 19.1 Å². The van der Waals surface area contributed by atoms with Crippen LogP contribution in [0.25, 0.3) is 5.00 Å². The highest BCUT2D eigenvalue weighted by molar-refractivity contribution is 7.98. The molecule has 1 saturated heterocycles. The Labute approximate surface area is 186 Å². The van der Waals surface area contributed by atoms with Crippen LogP contribution in [-0.4, -0.2) is 77.4 Å². The molecule has 0 N–H and O–H groups in total. The summed E-state index contributed by atoms with van der Waals surface area (Å²) in [4.78, 5) is 16.7. The average Bonchev–Trinajstić information content (AvgIpc) is 3.41. The molecule has 4 heterocycles. The maximum atomic E-state index is 13.6. The zero-order chi connectivity index (χ0) is 21.3. The monoisotopic (exact) mass is 468 g/mol. The molecule has 2 aliphatic rings. The number of amides is 1. The van der Waals surface area contributed by atoms with Crippen molar-refractivity contribution in [3.05, 3.63) is 40.5 Å². The molecule has 0 bridgehead atoms. The molecule has 30 heavy (non-hydrogen) atoms. The summed E-state index contributed by atoms with van der Waals surface area (Å²) < 4.78 is 30.6. The molecule has 0 unspecified atom stereocenters. The van der Waals surface area contributed by atoms with Crippen LogP contribution in [-0.2, 0) is 22.4 Å². The first-order valence-corrected chi connectivity index (χ1v) is 13.7. The molecular weight excluding hydrogens is 440 g/mol. The molecule has 2 aromatic heterocycles. The number of nitrogens with zero attached hydrogens (tertiary/aromatic N) is 4. The number of thiophene rings is 1. The third-order valence-corrected chi connectivity index (χ3v) is 10.3. The van der Waals surface area contributed by atoms with Crippen molar-refractivity contribution >= 4 is 39.2 Å². The molecule has 1 amide bonds. The van der Waals surface area contributed by atoms with E-state index in [0.717, 1.165) is 28.5 Å². The van der Waals surface area contributed by atoms with Gasteiger partial charge in [-0.2, -0.15) is 28.8 Å². The number of rotatable bonds is 6. The van der Waals surface area contributed by atoms with Gasteiger partial charge in [0, 0.05) is 62.3 Å². The van der Waals surface area contributed by atoms with Crippen LogP contribution >= 0.6 is 23.1 Å². The molecule has 2 aromatic rings. The normalized spacial score (nSPS) is 18.0. The summed E-state index contributed by atoms with van der Waals surface area (Å²) in [5.74, 6) is 2.02. The van der Waals surface area contributed by atoms with E-state index < -0.39 is 10.2 Å². The van der Waals surface area contributed by atoms with Crippen LogP contribution in [0.2, 0.25) is 0 Å². The van der Waals surface area contributed by atoms with E-state index in [4.69, 9.17) is 0 Å². The van der Waals surface area contributed by atoms with Crippen LogP contribution in [0, 0.1) is 0 Å². The fraction of sp³-hybridized carbons (Fsp3) is 0.550. The molecule has 164 valence electrons.